The highest BCUT2D eigenvalue weighted by Crippen LogP contribution is 2.13. The molecule has 5 nitrogen and oxygen atoms in total. The van der Waals surface area contributed by atoms with Crippen LogP contribution in [0.4, 0.5) is 0 Å². The summed E-state index contributed by atoms with van der Waals surface area (Å²) in [4.78, 5) is 11.8. The molecule has 0 aromatic heterocycles. The smallest absolute Gasteiger partial charge is 0.462 e. The van der Waals surface area contributed by atoms with E-state index < -0.39 is 8.80 Å². The number of carbonyl (C=O) groups excluding carboxylic acids is 1. The zero-order valence-corrected chi connectivity index (χ0v) is 15.8. The van der Waals surface area contributed by atoms with Crippen molar-refractivity contribution >= 4 is 14.8 Å². The van der Waals surface area contributed by atoms with Crippen molar-refractivity contribution in [3.05, 3.63) is 47.7 Å². The molecule has 0 heterocycles. The lowest BCUT2D eigenvalue weighted by atomic mass is 10.2. The second-order valence-electron chi connectivity index (χ2n) is 4.95. The quantitative estimate of drug-likeness (QED) is 0.326. The number of hydrogen-bond acceptors (Lipinski definition) is 5. The molecule has 0 N–H and O–H groups in total. The molecule has 0 unspecified atom stereocenters. The molecule has 0 fully saturated rings. The van der Waals surface area contributed by atoms with Crippen LogP contribution in [-0.4, -0.2) is 41.2 Å². The maximum atomic E-state index is 11.8. The molecule has 24 heavy (non-hydrogen) atoms. The minimum Gasteiger partial charge on any atom is -0.462 e. The number of benzene rings is 1. The van der Waals surface area contributed by atoms with E-state index in [-0.39, 0.29) is 5.97 Å². The van der Waals surface area contributed by atoms with E-state index in [9.17, 15) is 4.79 Å². The van der Waals surface area contributed by atoms with Crippen LogP contribution in [-0.2, 0) is 18.0 Å². The molecule has 0 radical (unpaired) electrons. The van der Waals surface area contributed by atoms with E-state index in [0.717, 1.165) is 12.8 Å². The Morgan fingerprint density at radius 3 is 2.12 bits per heavy atom. The SMILES string of the molecule is CCO[Si](/C=C/CCCOC(=O)c1ccccc1)(OCC)OCC. The Hall–Kier alpha value is -1.47. The summed E-state index contributed by atoms with van der Waals surface area (Å²) < 4.78 is 22.5. The molecule has 0 aliphatic heterocycles. The Morgan fingerprint density at radius 1 is 1.00 bits per heavy atom. The molecular formula is C18H28O5Si. The standard InChI is InChI=1S/C18H28O5Si/c1-4-21-24(22-5-2,23-6-3)16-12-8-11-15-20-18(19)17-13-9-7-10-14-17/h7,9-10,12-14,16H,4-6,8,11,15H2,1-3H3/b16-12+. The van der Waals surface area contributed by atoms with Gasteiger partial charge in [0.1, 0.15) is 0 Å². The van der Waals surface area contributed by atoms with Gasteiger partial charge in [-0.1, -0.05) is 24.3 Å². The summed E-state index contributed by atoms with van der Waals surface area (Å²) in [7, 11) is -2.72. The predicted molar refractivity (Wildman–Crippen MR) is 95.7 cm³/mol. The van der Waals surface area contributed by atoms with Crippen molar-refractivity contribution in [2.24, 2.45) is 0 Å². The normalized spacial score (nSPS) is 11.8. The van der Waals surface area contributed by atoms with Crippen LogP contribution in [0.1, 0.15) is 44.0 Å². The van der Waals surface area contributed by atoms with Gasteiger partial charge in [0.05, 0.1) is 12.2 Å². The first-order chi connectivity index (χ1) is 11.7. The van der Waals surface area contributed by atoms with Gasteiger partial charge in [-0.05, 0) is 51.4 Å². The van der Waals surface area contributed by atoms with Gasteiger partial charge in [-0.2, -0.15) is 0 Å². The number of carbonyl (C=O) groups is 1. The summed E-state index contributed by atoms with van der Waals surface area (Å²) >= 11 is 0. The molecule has 1 aromatic carbocycles. The van der Waals surface area contributed by atoms with E-state index in [0.29, 0.717) is 32.0 Å². The summed E-state index contributed by atoms with van der Waals surface area (Å²) in [5, 5.41) is 0. The lowest BCUT2D eigenvalue weighted by Gasteiger charge is -2.25. The average molecular weight is 353 g/mol. The number of rotatable bonds is 12. The van der Waals surface area contributed by atoms with Crippen LogP contribution in [0.3, 0.4) is 0 Å². The van der Waals surface area contributed by atoms with Crippen molar-refractivity contribution in [3.8, 4) is 0 Å². The van der Waals surface area contributed by atoms with Gasteiger partial charge in [0.2, 0.25) is 0 Å². The first-order valence-electron chi connectivity index (χ1n) is 8.49. The molecule has 6 heteroatoms. The summed E-state index contributed by atoms with van der Waals surface area (Å²) in [6.45, 7) is 7.80. The topological polar surface area (TPSA) is 54.0 Å². The van der Waals surface area contributed by atoms with Crippen molar-refractivity contribution in [1.29, 1.82) is 0 Å². The van der Waals surface area contributed by atoms with Crippen LogP contribution in [0.25, 0.3) is 0 Å². The minimum atomic E-state index is -2.72. The average Bonchev–Trinajstić information content (AvgIpc) is 2.59. The second kappa shape index (κ2) is 12.0. The molecule has 134 valence electrons. The summed E-state index contributed by atoms with van der Waals surface area (Å²) in [6, 6.07) is 8.99. The number of allylic oxidation sites excluding steroid dienone is 1. The van der Waals surface area contributed by atoms with Crippen LogP contribution in [0.15, 0.2) is 42.1 Å². The van der Waals surface area contributed by atoms with Crippen molar-refractivity contribution in [2.45, 2.75) is 33.6 Å². The van der Waals surface area contributed by atoms with Gasteiger partial charge < -0.3 is 18.0 Å². The second-order valence-corrected chi connectivity index (χ2v) is 7.36. The minimum absolute atomic E-state index is 0.291. The molecule has 0 bridgehead atoms. The summed E-state index contributed by atoms with van der Waals surface area (Å²) in [5.41, 5.74) is 2.49. The predicted octanol–water partition coefficient (Wildman–Crippen LogP) is 3.77. The van der Waals surface area contributed by atoms with E-state index in [1.165, 1.54) is 0 Å². The largest absolute Gasteiger partial charge is 0.529 e. The highest BCUT2D eigenvalue weighted by atomic mass is 28.4. The monoisotopic (exact) mass is 352 g/mol. The van der Waals surface area contributed by atoms with Crippen LogP contribution in [0.5, 0.6) is 0 Å². The fourth-order valence-corrected chi connectivity index (χ4v) is 4.33. The number of hydrogen-bond donors (Lipinski definition) is 0. The molecular weight excluding hydrogens is 324 g/mol. The summed E-state index contributed by atoms with van der Waals surface area (Å²) in [5.74, 6) is -0.291. The van der Waals surface area contributed by atoms with E-state index in [2.05, 4.69) is 0 Å². The molecule has 0 amide bonds. The van der Waals surface area contributed by atoms with Gasteiger partial charge in [-0.3, -0.25) is 0 Å². The Morgan fingerprint density at radius 2 is 1.58 bits per heavy atom. The Kier molecular flexibility index (Phi) is 10.3. The van der Waals surface area contributed by atoms with E-state index in [1.807, 2.05) is 50.7 Å². The van der Waals surface area contributed by atoms with Gasteiger partial charge in [0.25, 0.3) is 0 Å². The van der Waals surface area contributed by atoms with Gasteiger partial charge in [0, 0.05) is 19.8 Å². The van der Waals surface area contributed by atoms with Crippen molar-refractivity contribution < 1.29 is 22.8 Å². The van der Waals surface area contributed by atoms with E-state index in [4.69, 9.17) is 18.0 Å². The van der Waals surface area contributed by atoms with Gasteiger partial charge in [-0.25, -0.2) is 4.79 Å². The number of ether oxygens (including phenoxy) is 1. The van der Waals surface area contributed by atoms with Crippen LogP contribution >= 0.6 is 0 Å². The summed E-state index contributed by atoms with van der Waals surface area (Å²) in [6.07, 6.45) is 3.50. The molecule has 1 rings (SSSR count). The maximum absolute atomic E-state index is 11.8. The number of unbranched alkanes of at least 4 members (excludes halogenated alkanes) is 1. The molecule has 0 aliphatic carbocycles. The Labute approximate surface area is 145 Å². The molecule has 0 atom stereocenters. The van der Waals surface area contributed by atoms with E-state index in [1.54, 1.807) is 12.1 Å². The third kappa shape index (κ3) is 7.40. The van der Waals surface area contributed by atoms with Crippen molar-refractivity contribution in [3.63, 3.8) is 0 Å². The van der Waals surface area contributed by atoms with Crippen molar-refractivity contribution in [1.82, 2.24) is 0 Å². The van der Waals surface area contributed by atoms with Crippen LogP contribution in [0, 0.1) is 0 Å². The fourth-order valence-electron chi connectivity index (χ4n) is 2.12. The van der Waals surface area contributed by atoms with Gasteiger partial charge in [-0.15, -0.1) is 0 Å². The highest BCUT2D eigenvalue weighted by Gasteiger charge is 2.37. The van der Waals surface area contributed by atoms with Gasteiger partial charge >= 0.3 is 14.8 Å². The van der Waals surface area contributed by atoms with Crippen LogP contribution < -0.4 is 0 Å². The zero-order chi connectivity index (χ0) is 17.7. The van der Waals surface area contributed by atoms with Crippen LogP contribution in [0.2, 0.25) is 0 Å². The Bertz CT molecular complexity index is 472. The third-order valence-electron chi connectivity index (χ3n) is 3.12. The third-order valence-corrected chi connectivity index (χ3v) is 5.83. The molecule has 0 saturated heterocycles. The lowest BCUT2D eigenvalue weighted by molar-refractivity contribution is 0.0500. The zero-order valence-electron chi connectivity index (χ0n) is 14.8. The number of esters is 1. The molecule has 0 aliphatic rings. The molecule has 0 saturated carbocycles. The van der Waals surface area contributed by atoms with E-state index >= 15 is 0 Å². The molecule has 0 spiro atoms. The fraction of sp³-hybridized carbons (Fsp3) is 0.500. The highest BCUT2D eigenvalue weighted by molar-refractivity contribution is 6.66. The lowest BCUT2D eigenvalue weighted by Crippen LogP contribution is -2.44. The Balaban J connectivity index is 2.38. The van der Waals surface area contributed by atoms with Gasteiger partial charge in [0.15, 0.2) is 0 Å². The van der Waals surface area contributed by atoms with Crippen molar-refractivity contribution in [2.75, 3.05) is 26.4 Å². The first kappa shape index (κ1) is 20.6. The molecule has 1 aromatic rings. The maximum Gasteiger partial charge on any atom is 0.529 e. The first-order valence-corrected chi connectivity index (χ1v) is 10.3.